The number of nitrogens with one attached hydrogen (secondary N) is 1. The number of furan rings is 1. The normalized spacial score (nSPS) is 20.4. The Kier molecular flexibility index (Phi) is 4.94. The van der Waals surface area contributed by atoms with Gasteiger partial charge in [-0.2, -0.15) is 0 Å². The highest BCUT2D eigenvalue weighted by Gasteiger charge is 2.43. The van der Waals surface area contributed by atoms with Crippen LogP contribution in [-0.2, 0) is 4.79 Å². The molecule has 0 radical (unpaired) electrons. The van der Waals surface area contributed by atoms with E-state index in [0.29, 0.717) is 11.3 Å². The van der Waals surface area contributed by atoms with E-state index in [9.17, 15) is 9.59 Å². The smallest absolute Gasteiger partial charge is 0.255 e. The molecular formula is C18H20N2O3S. The first kappa shape index (κ1) is 16.6. The molecule has 24 heavy (non-hydrogen) atoms. The molecule has 2 heterocycles. The van der Waals surface area contributed by atoms with Crippen molar-refractivity contribution in [3.05, 3.63) is 60.1 Å². The standard InChI is InChI=1S/C18H20N2O3S/c1-12(2)19-16(21)15-11-24-18(14-8-9-23-10-14)20(15)17(22)13-6-4-3-5-7-13/h3-10,12,15,18H,11H2,1-2H3,(H,19,21). The van der Waals surface area contributed by atoms with Gasteiger partial charge >= 0.3 is 0 Å². The van der Waals surface area contributed by atoms with E-state index in [-0.39, 0.29) is 23.2 Å². The molecule has 126 valence electrons. The highest BCUT2D eigenvalue weighted by Crippen LogP contribution is 2.42. The first-order valence-corrected chi connectivity index (χ1v) is 8.94. The van der Waals surface area contributed by atoms with Crippen LogP contribution in [-0.4, -0.2) is 34.6 Å². The summed E-state index contributed by atoms with van der Waals surface area (Å²) in [6.45, 7) is 3.83. The van der Waals surface area contributed by atoms with Gasteiger partial charge in [0.15, 0.2) is 0 Å². The minimum absolute atomic E-state index is 0.0316. The number of nitrogens with zero attached hydrogens (tertiary/aromatic N) is 1. The quantitative estimate of drug-likeness (QED) is 0.926. The van der Waals surface area contributed by atoms with Gasteiger partial charge < -0.3 is 14.6 Å². The molecule has 3 rings (SSSR count). The fourth-order valence-corrected chi connectivity index (χ4v) is 4.15. The molecule has 0 bridgehead atoms. The molecule has 0 spiro atoms. The van der Waals surface area contributed by atoms with Gasteiger partial charge in [-0.25, -0.2) is 0 Å². The maximum Gasteiger partial charge on any atom is 0.255 e. The van der Waals surface area contributed by atoms with Crippen molar-refractivity contribution in [2.45, 2.75) is 31.3 Å². The third kappa shape index (κ3) is 3.33. The van der Waals surface area contributed by atoms with Gasteiger partial charge in [-0.05, 0) is 32.0 Å². The molecule has 1 aliphatic heterocycles. The molecule has 2 amide bonds. The second-order valence-corrected chi connectivity index (χ2v) is 7.11. The SMILES string of the molecule is CC(C)NC(=O)C1CSC(c2ccoc2)N1C(=O)c1ccccc1. The predicted octanol–water partition coefficient (Wildman–Crippen LogP) is 3.06. The zero-order chi connectivity index (χ0) is 17.1. The Hall–Kier alpha value is -2.21. The summed E-state index contributed by atoms with van der Waals surface area (Å²) in [6, 6.07) is 10.4. The van der Waals surface area contributed by atoms with Crippen LogP contribution in [0.5, 0.6) is 0 Å². The lowest BCUT2D eigenvalue weighted by molar-refractivity contribution is -0.125. The van der Waals surface area contributed by atoms with Crippen molar-refractivity contribution in [2.75, 3.05) is 5.75 Å². The van der Waals surface area contributed by atoms with Crippen LogP contribution < -0.4 is 5.32 Å². The Bertz CT molecular complexity index is 700. The van der Waals surface area contributed by atoms with Crippen LogP contribution in [0.2, 0.25) is 0 Å². The second kappa shape index (κ2) is 7.13. The summed E-state index contributed by atoms with van der Waals surface area (Å²) in [7, 11) is 0. The molecule has 1 N–H and O–H groups in total. The summed E-state index contributed by atoms with van der Waals surface area (Å²) in [5.41, 5.74) is 1.47. The molecule has 0 saturated carbocycles. The monoisotopic (exact) mass is 344 g/mol. The molecule has 5 nitrogen and oxygen atoms in total. The molecule has 0 aliphatic carbocycles. The third-order valence-electron chi connectivity index (χ3n) is 3.82. The van der Waals surface area contributed by atoms with E-state index in [4.69, 9.17) is 4.42 Å². The lowest BCUT2D eigenvalue weighted by Gasteiger charge is -2.29. The van der Waals surface area contributed by atoms with E-state index in [1.165, 1.54) is 0 Å². The Morgan fingerprint density at radius 2 is 2.00 bits per heavy atom. The second-order valence-electron chi connectivity index (χ2n) is 6.00. The summed E-state index contributed by atoms with van der Waals surface area (Å²) in [5.74, 6) is 0.302. The van der Waals surface area contributed by atoms with Crippen molar-refractivity contribution in [2.24, 2.45) is 0 Å². The van der Waals surface area contributed by atoms with Crippen molar-refractivity contribution in [1.29, 1.82) is 0 Å². The van der Waals surface area contributed by atoms with Gasteiger partial charge in [0.2, 0.25) is 5.91 Å². The van der Waals surface area contributed by atoms with E-state index in [0.717, 1.165) is 5.56 Å². The van der Waals surface area contributed by atoms with E-state index in [2.05, 4.69) is 5.32 Å². The number of rotatable bonds is 4. The molecule has 2 aromatic rings. The minimum atomic E-state index is -0.495. The van der Waals surface area contributed by atoms with Crippen molar-refractivity contribution < 1.29 is 14.0 Å². The van der Waals surface area contributed by atoms with Gasteiger partial charge in [0, 0.05) is 22.9 Å². The molecule has 1 saturated heterocycles. The Labute approximate surface area is 145 Å². The van der Waals surface area contributed by atoms with Crippen LogP contribution in [0.4, 0.5) is 0 Å². The summed E-state index contributed by atoms with van der Waals surface area (Å²) in [5, 5.41) is 2.69. The number of carbonyl (C=O) groups excluding carboxylic acids is 2. The third-order valence-corrected chi connectivity index (χ3v) is 5.14. The average molecular weight is 344 g/mol. The lowest BCUT2D eigenvalue weighted by atomic mass is 10.1. The van der Waals surface area contributed by atoms with Gasteiger partial charge in [0.05, 0.1) is 12.5 Å². The van der Waals surface area contributed by atoms with Crippen LogP contribution in [0.3, 0.4) is 0 Å². The van der Waals surface area contributed by atoms with E-state index >= 15 is 0 Å². The largest absolute Gasteiger partial charge is 0.472 e. The Morgan fingerprint density at radius 1 is 1.25 bits per heavy atom. The van der Waals surface area contributed by atoms with Crippen LogP contribution >= 0.6 is 11.8 Å². The fraction of sp³-hybridized carbons (Fsp3) is 0.333. The maximum absolute atomic E-state index is 13.1. The Morgan fingerprint density at radius 3 is 2.62 bits per heavy atom. The summed E-state index contributed by atoms with van der Waals surface area (Å²) in [4.78, 5) is 27.3. The molecule has 1 aliphatic rings. The number of carbonyl (C=O) groups is 2. The molecule has 2 unspecified atom stereocenters. The maximum atomic E-state index is 13.1. The average Bonchev–Trinajstić information content (AvgIpc) is 3.23. The van der Waals surface area contributed by atoms with Crippen molar-refractivity contribution >= 4 is 23.6 Å². The first-order valence-electron chi connectivity index (χ1n) is 7.89. The molecule has 1 fully saturated rings. The lowest BCUT2D eigenvalue weighted by Crippen LogP contribution is -2.49. The number of benzene rings is 1. The number of hydrogen-bond acceptors (Lipinski definition) is 4. The van der Waals surface area contributed by atoms with E-state index in [1.807, 2.05) is 38.1 Å². The van der Waals surface area contributed by atoms with Gasteiger partial charge in [0.25, 0.3) is 5.91 Å². The molecule has 6 heteroatoms. The zero-order valence-corrected chi connectivity index (χ0v) is 14.5. The first-order chi connectivity index (χ1) is 11.6. The summed E-state index contributed by atoms with van der Waals surface area (Å²) in [6.07, 6.45) is 3.22. The molecule has 2 atom stereocenters. The Balaban J connectivity index is 1.92. The minimum Gasteiger partial charge on any atom is -0.472 e. The highest BCUT2D eigenvalue weighted by atomic mass is 32.2. The van der Waals surface area contributed by atoms with Crippen molar-refractivity contribution in [3.8, 4) is 0 Å². The molecular weight excluding hydrogens is 324 g/mol. The van der Waals surface area contributed by atoms with Gasteiger partial charge in [0.1, 0.15) is 11.4 Å². The fourth-order valence-electron chi connectivity index (χ4n) is 2.74. The van der Waals surface area contributed by atoms with E-state index in [1.54, 1.807) is 41.3 Å². The number of amides is 2. The van der Waals surface area contributed by atoms with E-state index < -0.39 is 6.04 Å². The molecule has 1 aromatic heterocycles. The summed E-state index contributed by atoms with van der Waals surface area (Å²) >= 11 is 1.58. The van der Waals surface area contributed by atoms with Gasteiger partial charge in [-0.15, -0.1) is 11.8 Å². The number of thioether (sulfide) groups is 1. The molecule has 1 aromatic carbocycles. The van der Waals surface area contributed by atoms with Crippen LogP contribution in [0.1, 0.15) is 35.1 Å². The van der Waals surface area contributed by atoms with Crippen LogP contribution in [0, 0.1) is 0 Å². The van der Waals surface area contributed by atoms with Gasteiger partial charge in [-0.3, -0.25) is 9.59 Å². The summed E-state index contributed by atoms with van der Waals surface area (Å²) < 4.78 is 5.17. The highest BCUT2D eigenvalue weighted by molar-refractivity contribution is 7.99. The van der Waals surface area contributed by atoms with Crippen LogP contribution in [0.25, 0.3) is 0 Å². The number of hydrogen-bond donors (Lipinski definition) is 1. The van der Waals surface area contributed by atoms with Crippen molar-refractivity contribution in [1.82, 2.24) is 10.2 Å². The van der Waals surface area contributed by atoms with Crippen molar-refractivity contribution in [3.63, 3.8) is 0 Å². The topological polar surface area (TPSA) is 62.6 Å². The zero-order valence-electron chi connectivity index (χ0n) is 13.6. The predicted molar refractivity (Wildman–Crippen MR) is 93.6 cm³/mol. The van der Waals surface area contributed by atoms with Crippen LogP contribution in [0.15, 0.2) is 53.3 Å². The van der Waals surface area contributed by atoms with Gasteiger partial charge in [-0.1, -0.05) is 18.2 Å².